The topological polar surface area (TPSA) is 95.2 Å². The second-order valence-electron chi connectivity index (χ2n) is 8.61. The van der Waals surface area contributed by atoms with E-state index in [1.54, 1.807) is 6.21 Å². The number of guanidine groups is 1. The lowest BCUT2D eigenvalue weighted by molar-refractivity contribution is -0.0748. The Kier molecular flexibility index (Phi) is 4.98. The molecule has 4 N–H and O–H groups in total. The van der Waals surface area contributed by atoms with Crippen LogP contribution in [0.15, 0.2) is 28.4 Å². The van der Waals surface area contributed by atoms with Gasteiger partial charge in [0.25, 0.3) is 0 Å². The molecule has 0 aliphatic heterocycles. The van der Waals surface area contributed by atoms with Crippen LogP contribution in [0.3, 0.4) is 0 Å². The van der Waals surface area contributed by atoms with Gasteiger partial charge in [0.1, 0.15) is 0 Å². The monoisotopic (exact) mass is 370 g/mol. The van der Waals surface area contributed by atoms with Crippen LogP contribution < -0.4 is 20.9 Å². The van der Waals surface area contributed by atoms with Crippen molar-refractivity contribution < 1.29 is 9.47 Å². The SMILES string of the molecule is CCOc1cc(/C=N/N=C(N)N)ccc1OCC12CC3CC(CC(C3)C1)C2. The van der Waals surface area contributed by atoms with Crippen LogP contribution in [0.1, 0.15) is 51.0 Å². The summed E-state index contributed by atoms with van der Waals surface area (Å²) < 4.78 is 12.1. The summed E-state index contributed by atoms with van der Waals surface area (Å²) in [5.74, 6) is 4.29. The van der Waals surface area contributed by atoms with E-state index in [1.165, 1.54) is 38.5 Å². The molecule has 0 aromatic heterocycles. The minimum atomic E-state index is -0.0631. The third-order valence-corrected chi connectivity index (χ3v) is 6.35. The highest BCUT2D eigenvalue weighted by atomic mass is 16.5. The minimum Gasteiger partial charge on any atom is -0.490 e. The van der Waals surface area contributed by atoms with E-state index in [9.17, 15) is 0 Å². The molecule has 146 valence electrons. The Morgan fingerprint density at radius 1 is 1.07 bits per heavy atom. The van der Waals surface area contributed by atoms with Crippen molar-refractivity contribution in [2.24, 2.45) is 44.8 Å². The van der Waals surface area contributed by atoms with Gasteiger partial charge in [-0.3, -0.25) is 0 Å². The van der Waals surface area contributed by atoms with Gasteiger partial charge in [0.05, 0.1) is 19.4 Å². The van der Waals surface area contributed by atoms with E-state index in [4.69, 9.17) is 20.9 Å². The van der Waals surface area contributed by atoms with Gasteiger partial charge in [-0.15, -0.1) is 5.10 Å². The van der Waals surface area contributed by atoms with Gasteiger partial charge in [-0.1, -0.05) is 0 Å². The lowest BCUT2D eigenvalue weighted by Crippen LogP contribution is -2.48. The second-order valence-corrected chi connectivity index (χ2v) is 8.61. The first-order valence-electron chi connectivity index (χ1n) is 10.1. The van der Waals surface area contributed by atoms with Crippen LogP contribution in [0, 0.1) is 23.2 Å². The Hall–Kier alpha value is -2.24. The van der Waals surface area contributed by atoms with Gasteiger partial charge in [-0.25, -0.2) is 0 Å². The number of ether oxygens (including phenoxy) is 2. The molecule has 6 nitrogen and oxygen atoms in total. The fraction of sp³-hybridized carbons (Fsp3) is 0.619. The zero-order chi connectivity index (χ0) is 18.9. The lowest BCUT2D eigenvalue weighted by atomic mass is 9.50. The number of hydrogen-bond acceptors (Lipinski definition) is 4. The molecule has 0 heterocycles. The fourth-order valence-electron chi connectivity index (χ4n) is 5.85. The zero-order valence-electron chi connectivity index (χ0n) is 16.1. The predicted octanol–water partition coefficient (Wildman–Crippen LogP) is 3.29. The predicted molar refractivity (Wildman–Crippen MR) is 107 cm³/mol. The summed E-state index contributed by atoms with van der Waals surface area (Å²) in [5.41, 5.74) is 11.8. The Bertz CT molecular complexity index is 704. The Morgan fingerprint density at radius 2 is 1.74 bits per heavy atom. The van der Waals surface area contributed by atoms with Crippen molar-refractivity contribution in [3.63, 3.8) is 0 Å². The molecule has 0 unspecified atom stereocenters. The fourth-order valence-corrected chi connectivity index (χ4v) is 5.85. The van der Waals surface area contributed by atoms with Crippen molar-refractivity contribution in [2.45, 2.75) is 45.4 Å². The van der Waals surface area contributed by atoms with E-state index in [0.717, 1.165) is 41.4 Å². The van der Waals surface area contributed by atoms with Crippen LogP contribution in [-0.4, -0.2) is 25.4 Å². The summed E-state index contributed by atoms with van der Waals surface area (Å²) in [7, 11) is 0. The highest BCUT2D eigenvalue weighted by Gasteiger charge is 2.51. The first-order valence-corrected chi connectivity index (χ1v) is 10.1. The first kappa shape index (κ1) is 18.1. The van der Waals surface area contributed by atoms with E-state index in [1.807, 2.05) is 25.1 Å². The normalized spacial score (nSPS) is 31.2. The minimum absolute atomic E-state index is 0.0631. The molecule has 4 bridgehead atoms. The van der Waals surface area contributed by atoms with Gasteiger partial charge in [-0.05, 0) is 87.0 Å². The maximum Gasteiger partial charge on any atom is 0.211 e. The van der Waals surface area contributed by atoms with Crippen molar-refractivity contribution >= 4 is 12.2 Å². The number of hydrogen-bond donors (Lipinski definition) is 2. The van der Waals surface area contributed by atoms with Gasteiger partial charge in [-0.2, -0.15) is 5.10 Å². The van der Waals surface area contributed by atoms with Gasteiger partial charge in [0.15, 0.2) is 11.5 Å². The summed E-state index contributed by atoms with van der Waals surface area (Å²) in [6.45, 7) is 3.36. The quantitative estimate of drug-likeness (QED) is 0.437. The van der Waals surface area contributed by atoms with Gasteiger partial charge < -0.3 is 20.9 Å². The van der Waals surface area contributed by atoms with Crippen LogP contribution >= 0.6 is 0 Å². The number of rotatable bonds is 7. The molecule has 27 heavy (non-hydrogen) atoms. The third-order valence-electron chi connectivity index (χ3n) is 6.35. The van der Waals surface area contributed by atoms with Crippen LogP contribution in [0.2, 0.25) is 0 Å². The maximum atomic E-state index is 6.34. The number of benzene rings is 1. The molecular weight excluding hydrogens is 340 g/mol. The third kappa shape index (κ3) is 4.04. The first-order chi connectivity index (χ1) is 13.0. The van der Waals surface area contributed by atoms with Gasteiger partial charge in [0, 0.05) is 5.41 Å². The average molecular weight is 370 g/mol. The molecular formula is C21H30N4O2. The molecule has 5 rings (SSSR count). The van der Waals surface area contributed by atoms with Gasteiger partial charge in [0.2, 0.25) is 5.96 Å². The number of nitrogens with zero attached hydrogens (tertiary/aromatic N) is 2. The van der Waals surface area contributed by atoms with Crippen molar-refractivity contribution in [2.75, 3.05) is 13.2 Å². The van der Waals surface area contributed by atoms with E-state index < -0.39 is 0 Å². The molecule has 0 amide bonds. The standard InChI is InChI=1S/C21H30N4O2/c1-2-26-19-8-14(12-24-25-20(22)23)3-4-18(19)27-13-21-9-15-5-16(10-21)7-17(6-15)11-21/h3-4,8,12,15-17H,2,5-7,9-11,13H2,1H3,(H4,22,23,25)/b24-12+. The highest BCUT2D eigenvalue weighted by Crippen LogP contribution is 2.60. The average Bonchev–Trinajstić information content (AvgIpc) is 2.60. The van der Waals surface area contributed by atoms with Crippen LogP contribution in [0.4, 0.5) is 0 Å². The molecule has 0 saturated heterocycles. The van der Waals surface area contributed by atoms with Crippen molar-refractivity contribution in [1.29, 1.82) is 0 Å². The largest absolute Gasteiger partial charge is 0.490 e. The van der Waals surface area contributed by atoms with Crippen LogP contribution in [0.25, 0.3) is 0 Å². The Labute approximate surface area is 161 Å². The van der Waals surface area contributed by atoms with Crippen LogP contribution in [0.5, 0.6) is 11.5 Å². The second kappa shape index (κ2) is 7.41. The van der Waals surface area contributed by atoms with Gasteiger partial charge >= 0.3 is 0 Å². The lowest BCUT2D eigenvalue weighted by Gasteiger charge is -2.56. The molecule has 0 radical (unpaired) electrons. The molecule has 0 atom stereocenters. The summed E-state index contributed by atoms with van der Waals surface area (Å²) in [6.07, 6.45) is 9.98. The molecule has 4 aliphatic carbocycles. The number of nitrogens with two attached hydrogens (primary N) is 2. The Morgan fingerprint density at radius 3 is 2.33 bits per heavy atom. The molecule has 1 aromatic rings. The summed E-state index contributed by atoms with van der Waals surface area (Å²) >= 11 is 0. The Balaban J connectivity index is 1.46. The zero-order valence-corrected chi connectivity index (χ0v) is 16.1. The summed E-state index contributed by atoms with van der Waals surface area (Å²) in [5, 5.41) is 7.49. The summed E-state index contributed by atoms with van der Waals surface area (Å²) in [4.78, 5) is 0. The summed E-state index contributed by atoms with van der Waals surface area (Å²) in [6, 6.07) is 5.83. The van der Waals surface area contributed by atoms with Crippen LogP contribution in [-0.2, 0) is 0 Å². The smallest absolute Gasteiger partial charge is 0.211 e. The molecule has 4 saturated carbocycles. The van der Waals surface area contributed by atoms with Crippen molar-refractivity contribution in [3.05, 3.63) is 23.8 Å². The van der Waals surface area contributed by atoms with Crippen molar-refractivity contribution in [1.82, 2.24) is 0 Å². The molecule has 4 fully saturated rings. The molecule has 0 spiro atoms. The highest BCUT2D eigenvalue weighted by molar-refractivity contribution is 5.82. The molecule has 4 aliphatic rings. The van der Waals surface area contributed by atoms with E-state index >= 15 is 0 Å². The van der Waals surface area contributed by atoms with Crippen molar-refractivity contribution in [3.8, 4) is 11.5 Å². The van der Waals surface area contributed by atoms with E-state index in [2.05, 4.69) is 10.2 Å². The molecule has 1 aromatic carbocycles. The van der Waals surface area contributed by atoms with E-state index in [0.29, 0.717) is 12.0 Å². The van der Waals surface area contributed by atoms with E-state index in [-0.39, 0.29) is 5.96 Å². The molecule has 6 heteroatoms. The maximum absolute atomic E-state index is 6.34.